The zero-order valence-electron chi connectivity index (χ0n) is 9.99. The van der Waals surface area contributed by atoms with Crippen molar-refractivity contribution in [1.29, 1.82) is 5.26 Å². The Morgan fingerprint density at radius 3 is 2.40 bits per heavy atom. The number of ether oxygens (including phenoxy) is 1. The highest BCUT2D eigenvalue weighted by Crippen LogP contribution is 2.01. The third-order valence-electron chi connectivity index (χ3n) is 1.95. The first-order valence-electron chi connectivity index (χ1n) is 5.27. The molecule has 0 radical (unpaired) electrons. The number of carbonyl (C=O) groups is 1. The van der Waals surface area contributed by atoms with Crippen molar-refractivity contribution in [3.05, 3.63) is 0 Å². The van der Waals surface area contributed by atoms with Gasteiger partial charge in [0.2, 0.25) is 5.91 Å². The topological polar surface area (TPSA) is 53.3 Å². The summed E-state index contributed by atoms with van der Waals surface area (Å²) in [7, 11) is 0. The minimum atomic E-state index is -0.0473. The lowest BCUT2D eigenvalue weighted by molar-refractivity contribution is -0.139. The van der Waals surface area contributed by atoms with Crippen molar-refractivity contribution >= 4 is 5.91 Å². The lowest BCUT2D eigenvalue weighted by Gasteiger charge is -2.26. The van der Waals surface area contributed by atoms with Gasteiger partial charge in [0, 0.05) is 12.6 Å². The van der Waals surface area contributed by atoms with Crippen LogP contribution in [0, 0.1) is 11.3 Å². The summed E-state index contributed by atoms with van der Waals surface area (Å²) in [5.41, 5.74) is 0. The van der Waals surface area contributed by atoms with Crippen LogP contribution in [0.15, 0.2) is 0 Å². The second-order valence-corrected chi connectivity index (χ2v) is 3.95. The van der Waals surface area contributed by atoms with Crippen LogP contribution in [0.4, 0.5) is 0 Å². The van der Waals surface area contributed by atoms with Crippen LogP contribution in [0.25, 0.3) is 0 Å². The molecule has 0 fully saturated rings. The molecule has 0 saturated heterocycles. The maximum absolute atomic E-state index is 11.7. The maximum Gasteiger partial charge on any atom is 0.248 e. The molecule has 0 atom stereocenters. The molecule has 0 aliphatic heterocycles. The Bertz CT molecular complexity index is 231. The van der Waals surface area contributed by atoms with Crippen LogP contribution in [0.1, 0.15) is 34.1 Å². The molecule has 4 nitrogen and oxygen atoms in total. The molecule has 0 aliphatic carbocycles. The number of nitrogens with zero attached hydrogens (tertiary/aromatic N) is 2. The second-order valence-electron chi connectivity index (χ2n) is 3.95. The number of nitriles is 1. The van der Waals surface area contributed by atoms with Gasteiger partial charge in [0.05, 0.1) is 18.6 Å². The van der Waals surface area contributed by atoms with Gasteiger partial charge in [-0.2, -0.15) is 5.26 Å². The number of amides is 1. The Morgan fingerprint density at radius 1 is 1.40 bits per heavy atom. The van der Waals surface area contributed by atoms with Crippen molar-refractivity contribution in [2.45, 2.75) is 46.3 Å². The second kappa shape index (κ2) is 7.24. The van der Waals surface area contributed by atoms with E-state index in [1.807, 2.05) is 33.8 Å². The number of hydrogen-bond acceptors (Lipinski definition) is 3. The fourth-order valence-corrected chi connectivity index (χ4v) is 1.16. The number of hydrogen-bond donors (Lipinski definition) is 0. The van der Waals surface area contributed by atoms with Gasteiger partial charge in [-0.05, 0) is 27.7 Å². The first kappa shape index (κ1) is 13.9. The standard InChI is InChI=1S/C11H20N2O2/c1-9(2)13(7-5-6-12)11(14)8-15-10(3)4/h9-10H,5,7-8H2,1-4H3. The number of rotatable bonds is 6. The molecule has 1 amide bonds. The molecule has 0 N–H and O–H groups in total. The van der Waals surface area contributed by atoms with E-state index >= 15 is 0 Å². The SMILES string of the molecule is CC(C)OCC(=O)N(CCC#N)C(C)C. The highest BCUT2D eigenvalue weighted by atomic mass is 16.5. The summed E-state index contributed by atoms with van der Waals surface area (Å²) >= 11 is 0. The molecule has 0 saturated carbocycles. The third kappa shape index (κ3) is 6.08. The van der Waals surface area contributed by atoms with Gasteiger partial charge in [0.15, 0.2) is 0 Å². The van der Waals surface area contributed by atoms with Crippen molar-refractivity contribution in [3.8, 4) is 6.07 Å². The van der Waals surface area contributed by atoms with Gasteiger partial charge >= 0.3 is 0 Å². The molecule has 0 aromatic heterocycles. The van der Waals surface area contributed by atoms with Gasteiger partial charge in [-0.15, -0.1) is 0 Å². The smallest absolute Gasteiger partial charge is 0.248 e. The molecule has 0 unspecified atom stereocenters. The van der Waals surface area contributed by atoms with E-state index in [-0.39, 0.29) is 24.7 Å². The maximum atomic E-state index is 11.7. The fraction of sp³-hybridized carbons (Fsp3) is 0.818. The lowest BCUT2D eigenvalue weighted by Crippen LogP contribution is -2.40. The summed E-state index contributed by atoms with van der Waals surface area (Å²) < 4.78 is 5.24. The Balaban J connectivity index is 4.12. The molecule has 0 aromatic rings. The normalized spacial score (nSPS) is 10.5. The summed E-state index contributed by atoms with van der Waals surface area (Å²) in [5.74, 6) is -0.0473. The minimum Gasteiger partial charge on any atom is -0.369 e. The average molecular weight is 212 g/mol. The molecule has 0 rings (SSSR count). The van der Waals surface area contributed by atoms with E-state index in [0.717, 1.165) is 0 Å². The Morgan fingerprint density at radius 2 is 2.00 bits per heavy atom. The van der Waals surface area contributed by atoms with Crippen molar-refractivity contribution in [3.63, 3.8) is 0 Å². The Hall–Kier alpha value is -1.08. The average Bonchev–Trinajstić information content (AvgIpc) is 2.14. The Labute approximate surface area is 91.8 Å². The van der Waals surface area contributed by atoms with E-state index in [9.17, 15) is 4.79 Å². The molecule has 0 heterocycles. The first-order valence-corrected chi connectivity index (χ1v) is 5.27. The molecule has 86 valence electrons. The predicted molar refractivity (Wildman–Crippen MR) is 58.2 cm³/mol. The van der Waals surface area contributed by atoms with Gasteiger partial charge in [0.1, 0.15) is 6.61 Å². The molecule has 4 heteroatoms. The van der Waals surface area contributed by atoms with Gasteiger partial charge in [-0.3, -0.25) is 4.79 Å². The van der Waals surface area contributed by atoms with Gasteiger partial charge in [-0.25, -0.2) is 0 Å². The summed E-state index contributed by atoms with van der Waals surface area (Å²) in [4.78, 5) is 13.4. The van der Waals surface area contributed by atoms with E-state index in [1.165, 1.54) is 0 Å². The van der Waals surface area contributed by atoms with Crippen LogP contribution < -0.4 is 0 Å². The van der Waals surface area contributed by atoms with E-state index < -0.39 is 0 Å². The van der Waals surface area contributed by atoms with E-state index in [1.54, 1.807) is 4.90 Å². The quantitative estimate of drug-likeness (QED) is 0.671. The monoisotopic (exact) mass is 212 g/mol. The van der Waals surface area contributed by atoms with Crippen LogP contribution in [0.3, 0.4) is 0 Å². The van der Waals surface area contributed by atoms with Gasteiger partial charge < -0.3 is 9.64 Å². The molecular formula is C11H20N2O2. The van der Waals surface area contributed by atoms with Gasteiger partial charge in [0.25, 0.3) is 0 Å². The molecule has 0 bridgehead atoms. The van der Waals surface area contributed by atoms with Crippen LogP contribution in [-0.2, 0) is 9.53 Å². The van der Waals surface area contributed by atoms with E-state index in [4.69, 9.17) is 10.00 Å². The fourth-order valence-electron chi connectivity index (χ4n) is 1.16. The summed E-state index contributed by atoms with van der Waals surface area (Å²) in [6.07, 6.45) is 0.421. The highest BCUT2D eigenvalue weighted by Gasteiger charge is 2.16. The largest absolute Gasteiger partial charge is 0.369 e. The lowest BCUT2D eigenvalue weighted by atomic mass is 10.3. The minimum absolute atomic E-state index is 0.0473. The third-order valence-corrected chi connectivity index (χ3v) is 1.95. The zero-order valence-corrected chi connectivity index (χ0v) is 9.99. The summed E-state index contributed by atoms with van der Waals surface area (Å²) in [6.45, 7) is 8.23. The zero-order chi connectivity index (χ0) is 11.8. The summed E-state index contributed by atoms with van der Waals surface area (Å²) in [6, 6.07) is 2.15. The van der Waals surface area contributed by atoms with E-state index in [0.29, 0.717) is 13.0 Å². The molecule has 0 aromatic carbocycles. The molecular weight excluding hydrogens is 192 g/mol. The van der Waals surface area contributed by atoms with Crippen LogP contribution in [-0.4, -0.2) is 36.1 Å². The Kier molecular flexibility index (Phi) is 6.72. The van der Waals surface area contributed by atoms with Crippen molar-refractivity contribution in [1.82, 2.24) is 4.90 Å². The highest BCUT2D eigenvalue weighted by molar-refractivity contribution is 5.77. The van der Waals surface area contributed by atoms with Gasteiger partial charge in [-0.1, -0.05) is 0 Å². The van der Waals surface area contributed by atoms with E-state index in [2.05, 4.69) is 0 Å². The van der Waals surface area contributed by atoms with Crippen molar-refractivity contribution < 1.29 is 9.53 Å². The predicted octanol–water partition coefficient (Wildman–Crippen LogP) is 1.56. The van der Waals surface area contributed by atoms with Crippen LogP contribution >= 0.6 is 0 Å². The van der Waals surface area contributed by atoms with Crippen molar-refractivity contribution in [2.24, 2.45) is 0 Å². The molecule has 0 spiro atoms. The summed E-state index contributed by atoms with van der Waals surface area (Å²) in [5, 5.41) is 8.48. The van der Waals surface area contributed by atoms with Crippen LogP contribution in [0.5, 0.6) is 0 Å². The van der Waals surface area contributed by atoms with Crippen molar-refractivity contribution in [2.75, 3.05) is 13.2 Å². The molecule has 0 aliphatic rings. The first-order chi connectivity index (χ1) is 6.99. The number of carbonyl (C=O) groups excluding carboxylic acids is 1. The van der Waals surface area contributed by atoms with Crippen LogP contribution in [0.2, 0.25) is 0 Å². The molecule has 15 heavy (non-hydrogen) atoms.